The number of fused-ring (bicyclic) bond motifs is 1. The first kappa shape index (κ1) is 12.6. The topological polar surface area (TPSA) is 67.2 Å². The van der Waals surface area contributed by atoms with E-state index in [4.69, 9.17) is 0 Å². The van der Waals surface area contributed by atoms with Crippen molar-refractivity contribution >= 4 is 17.6 Å². The normalized spacial score (nSPS) is 15.4. The number of carbonyl (C=O) groups is 2. The number of rotatable bonds is 3. The van der Waals surface area contributed by atoms with Gasteiger partial charge in [-0.2, -0.15) is 0 Å². The first-order valence-electron chi connectivity index (χ1n) is 6.15. The lowest BCUT2D eigenvalue weighted by atomic mass is 10.2. The number of aromatic nitrogens is 2. The van der Waals surface area contributed by atoms with Crippen LogP contribution in [-0.4, -0.2) is 39.9 Å². The van der Waals surface area contributed by atoms with Crippen molar-refractivity contribution in [1.29, 1.82) is 0 Å². The molecule has 6 nitrogen and oxygen atoms in total. The molecule has 0 fully saturated rings. The van der Waals surface area contributed by atoms with Gasteiger partial charge in [0.05, 0.1) is 6.54 Å². The summed E-state index contributed by atoms with van der Waals surface area (Å²) in [6, 6.07) is 0. The van der Waals surface area contributed by atoms with E-state index < -0.39 is 0 Å². The molecule has 1 aliphatic rings. The Morgan fingerprint density at radius 2 is 2.06 bits per heavy atom. The summed E-state index contributed by atoms with van der Waals surface area (Å²) >= 11 is 0. The van der Waals surface area contributed by atoms with Crippen LogP contribution in [-0.2, 0) is 18.3 Å². The Bertz CT molecular complexity index is 493. The van der Waals surface area contributed by atoms with Gasteiger partial charge in [-0.25, -0.2) is 4.98 Å². The Hall–Kier alpha value is -1.85. The summed E-state index contributed by atoms with van der Waals surface area (Å²) in [6.07, 6.45) is 2.90. The van der Waals surface area contributed by atoms with Gasteiger partial charge in [-0.1, -0.05) is 13.3 Å². The van der Waals surface area contributed by atoms with Gasteiger partial charge >= 0.3 is 0 Å². The maximum atomic E-state index is 12.2. The lowest BCUT2D eigenvalue weighted by Crippen LogP contribution is -2.32. The maximum absolute atomic E-state index is 12.2. The van der Waals surface area contributed by atoms with Crippen molar-refractivity contribution in [3.8, 4) is 0 Å². The van der Waals surface area contributed by atoms with E-state index in [0.29, 0.717) is 11.5 Å². The molecule has 0 spiro atoms. The van der Waals surface area contributed by atoms with Gasteiger partial charge < -0.3 is 14.8 Å². The molecule has 0 aromatic carbocycles. The van der Waals surface area contributed by atoms with Gasteiger partial charge in [0.1, 0.15) is 5.82 Å². The molecule has 0 saturated heterocycles. The number of hydrogen-bond donors (Lipinski definition) is 1. The molecule has 2 rings (SSSR count). The van der Waals surface area contributed by atoms with E-state index in [1.807, 2.05) is 7.05 Å². The van der Waals surface area contributed by atoms with Gasteiger partial charge in [-0.15, -0.1) is 0 Å². The molecule has 2 heterocycles. The molecule has 1 N–H and O–H groups in total. The zero-order chi connectivity index (χ0) is 13.3. The summed E-state index contributed by atoms with van der Waals surface area (Å²) in [5.74, 6) is 0.861. The summed E-state index contributed by atoms with van der Waals surface area (Å²) < 4.78 is 1.79. The number of carbonyl (C=O) groups excluding carboxylic acids is 2. The summed E-state index contributed by atoms with van der Waals surface area (Å²) in [4.78, 5) is 29.5. The van der Waals surface area contributed by atoms with E-state index in [2.05, 4.69) is 17.2 Å². The molecule has 0 aliphatic carbocycles. The molecule has 2 amide bonds. The molecule has 0 atom stereocenters. The largest absolute Gasteiger partial charge is 0.331 e. The van der Waals surface area contributed by atoms with Crippen LogP contribution in [0.4, 0.5) is 5.82 Å². The predicted octanol–water partition coefficient (Wildman–Crippen LogP) is 0.787. The summed E-state index contributed by atoms with van der Waals surface area (Å²) in [5.41, 5.74) is 0.467. The van der Waals surface area contributed by atoms with Crippen LogP contribution in [0.3, 0.4) is 0 Å². The number of aryl methyl sites for hydroxylation is 1. The van der Waals surface area contributed by atoms with Gasteiger partial charge in [0.25, 0.3) is 5.91 Å². The number of likely N-dealkylation sites (N-methyl/N-ethyl adjacent to an activating group) is 1. The van der Waals surface area contributed by atoms with Gasteiger partial charge in [-0.3, -0.25) is 9.59 Å². The third-order valence-electron chi connectivity index (χ3n) is 3.13. The van der Waals surface area contributed by atoms with Crippen LogP contribution >= 0.6 is 0 Å². The summed E-state index contributed by atoms with van der Waals surface area (Å²) in [6.45, 7) is 2.17. The Morgan fingerprint density at radius 3 is 2.72 bits per heavy atom. The minimum absolute atomic E-state index is 0.0689. The van der Waals surface area contributed by atoms with E-state index in [0.717, 1.165) is 25.1 Å². The summed E-state index contributed by atoms with van der Waals surface area (Å²) in [7, 11) is 3.44. The second kappa shape index (κ2) is 4.80. The van der Waals surface area contributed by atoms with E-state index in [-0.39, 0.29) is 18.4 Å². The number of nitrogens with zero attached hydrogens (tertiary/aromatic N) is 3. The highest BCUT2D eigenvalue weighted by molar-refractivity contribution is 6.06. The first-order valence-corrected chi connectivity index (χ1v) is 6.15. The van der Waals surface area contributed by atoms with Crippen LogP contribution in [0.1, 0.15) is 36.1 Å². The molecule has 0 bridgehead atoms. The number of amides is 2. The fourth-order valence-corrected chi connectivity index (χ4v) is 2.07. The van der Waals surface area contributed by atoms with Gasteiger partial charge in [0.15, 0.2) is 11.5 Å². The van der Waals surface area contributed by atoms with Crippen molar-refractivity contribution < 1.29 is 9.59 Å². The minimum atomic E-state index is -0.204. The number of hydrogen-bond acceptors (Lipinski definition) is 3. The van der Waals surface area contributed by atoms with Gasteiger partial charge in [0.2, 0.25) is 5.91 Å². The highest BCUT2D eigenvalue weighted by atomic mass is 16.2. The van der Waals surface area contributed by atoms with Crippen molar-refractivity contribution in [2.24, 2.45) is 7.05 Å². The Labute approximate surface area is 106 Å². The molecule has 18 heavy (non-hydrogen) atoms. The lowest BCUT2D eigenvalue weighted by Gasteiger charge is -2.13. The zero-order valence-corrected chi connectivity index (χ0v) is 11.0. The van der Waals surface area contributed by atoms with E-state index in [1.165, 1.54) is 4.90 Å². The molecule has 1 aliphatic heterocycles. The Morgan fingerprint density at radius 1 is 1.33 bits per heavy atom. The minimum Gasteiger partial charge on any atom is -0.331 e. The van der Waals surface area contributed by atoms with Crippen molar-refractivity contribution in [1.82, 2.24) is 14.5 Å². The second-order valence-corrected chi connectivity index (χ2v) is 4.60. The van der Waals surface area contributed by atoms with Crippen LogP contribution < -0.4 is 5.32 Å². The molecule has 1 aromatic rings. The SMILES string of the molecule is CCCCc1nc2c(n1C)C(=O)N(C)CC(=O)N2. The molecule has 98 valence electrons. The van der Waals surface area contributed by atoms with Crippen molar-refractivity contribution in [2.45, 2.75) is 26.2 Å². The summed E-state index contributed by atoms with van der Waals surface area (Å²) in [5, 5.41) is 2.69. The molecule has 0 saturated carbocycles. The maximum Gasteiger partial charge on any atom is 0.274 e. The molecule has 6 heteroatoms. The average Bonchev–Trinajstić information content (AvgIpc) is 2.56. The fourth-order valence-electron chi connectivity index (χ4n) is 2.07. The molecule has 1 aromatic heterocycles. The van der Waals surface area contributed by atoms with Crippen LogP contribution in [0.25, 0.3) is 0 Å². The lowest BCUT2D eigenvalue weighted by molar-refractivity contribution is -0.116. The van der Waals surface area contributed by atoms with Crippen molar-refractivity contribution in [3.05, 3.63) is 11.5 Å². The van der Waals surface area contributed by atoms with E-state index >= 15 is 0 Å². The van der Waals surface area contributed by atoms with E-state index in [9.17, 15) is 9.59 Å². The molecular weight excluding hydrogens is 232 g/mol. The Balaban J connectivity index is 2.41. The first-order chi connectivity index (χ1) is 8.54. The van der Waals surface area contributed by atoms with Crippen LogP contribution in [0.2, 0.25) is 0 Å². The number of anilines is 1. The smallest absolute Gasteiger partial charge is 0.274 e. The number of nitrogens with one attached hydrogen (secondary N) is 1. The standard InChI is InChI=1S/C12H18N4O2/c1-4-5-6-8-13-11-10(16(8)3)12(18)15(2)7-9(17)14-11/h4-7H2,1-3H3,(H,14,17). The van der Waals surface area contributed by atoms with Crippen LogP contribution in [0.5, 0.6) is 0 Å². The van der Waals surface area contributed by atoms with Crippen LogP contribution in [0.15, 0.2) is 0 Å². The highest BCUT2D eigenvalue weighted by Gasteiger charge is 2.29. The third-order valence-corrected chi connectivity index (χ3v) is 3.13. The quantitative estimate of drug-likeness (QED) is 0.862. The average molecular weight is 250 g/mol. The zero-order valence-electron chi connectivity index (χ0n) is 11.0. The Kier molecular flexibility index (Phi) is 3.36. The van der Waals surface area contributed by atoms with E-state index in [1.54, 1.807) is 11.6 Å². The predicted molar refractivity (Wildman–Crippen MR) is 67.4 cm³/mol. The van der Waals surface area contributed by atoms with Crippen molar-refractivity contribution in [2.75, 3.05) is 18.9 Å². The third kappa shape index (κ3) is 2.10. The second-order valence-electron chi connectivity index (χ2n) is 4.60. The highest BCUT2D eigenvalue weighted by Crippen LogP contribution is 2.21. The molecule has 0 unspecified atom stereocenters. The van der Waals surface area contributed by atoms with Crippen molar-refractivity contribution in [3.63, 3.8) is 0 Å². The van der Waals surface area contributed by atoms with Gasteiger partial charge in [-0.05, 0) is 6.42 Å². The number of unbranched alkanes of at least 4 members (excludes halogenated alkanes) is 1. The molecular formula is C12H18N4O2. The fraction of sp³-hybridized carbons (Fsp3) is 0.583. The van der Waals surface area contributed by atoms with Gasteiger partial charge in [0, 0.05) is 20.5 Å². The monoisotopic (exact) mass is 250 g/mol. The molecule has 0 radical (unpaired) electrons. The van der Waals surface area contributed by atoms with Crippen LogP contribution in [0, 0.1) is 0 Å². The number of imidazole rings is 1.